The van der Waals surface area contributed by atoms with Crippen LogP contribution in [0.25, 0.3) is 11.1 Å². The summed E-state index contributed by atoms with van der Waals surface area (Å²) in [6.45, 7) is 4.21. The Hall–Kier alpha value is -2.59. The van der Waals surface area contributed by atoms with Crippen LogP contribution in [0.4, 0.5) is 13.2 Å². The van der Waals surface area contributed by atoms with E-state index in [4.69, 9.17) is 4.74 Å². The van der Waals surface area contributed by atoms with E-state index >= 15 is 4.39 Å². The minimum atomic E-state index is -0.768. The summed E-state index contributed by atoms with van der Waals surface area (Å²) in [6.07, 6.45) is 5.13. The Morgan fingerprint density at radius 3 is 2.18 bits per heavy atom. The van der Waals surface area contributed by atoms with Crippen molar-refractivity contribution in [2.45, 2.75) is 71.0 Å². The highest BCUT2D eigenvalue weighted by Gasteiger charge is 2.27. The minimum absolute atomic E-state index is 0.0165. The van der Waals surface area contributed by atoms with Gasteiger partial charge in [0.25, 0.3) is 0 Å². The van der Waals surface area contributed by atoms with Gasteiger partial charge in [0.1, 0.15) is 5.82 Å². The first-order valence-corrected chi connectivity index (χ1v) is 11.9. The van der Waals surface area contributed by atoms with Crippen LogP contribution < -0.4 is 0 Å². The molecule has 0 amide bonds. The van der Waals surface area contributed by atoms with E-state index in [1.165, 1.54) is 11.6 Å². The molecule has 0 aliphatic heterocycles. The van der Waals surface area contributed by atoms with E-state index < -0.39 is 11.6 Å². The van der Waals surface area contributed by atoms with Gasteiger partial charge in [-0.1, -0.05) is 61.9 Å². The molecule has 0 N–H and O–H groups in total. The Morgan fingerprint density at radius 1 is 0.818 bits per heavy atom. The van der Waals surface area contributed by atoms with Crippen molar-refractivity contribution in [3.63, 3.8) is 0 Å². The standard InChI is InChI=1S/C29H31F3O/c1-3-4-20-7-9-22(10-8-20)25-15-16-26(29(32)28(25)31)23-11-13-24(14-12-23)33-18-21-6-5-19(2)27(30)17-21/h5-10,15-17,23-24H,3-4,11-14,18H2,1-2H3. The maximum atomic E-state index is 15.0. The van der Waals surface area contributed by atoms with Crippen molar-refractivity contribution in [2.24, 2.45) is 0 Å². The Kier molecular flexibility index (Phi) is 7.54. The number of benzene rings is 3. The molecule has 0 heterocycles. The molecule has 1 aliphatic rings. The molecule has 1 saturated carbocycles. The summed E-state index contributed by atoms with van der Waals surface area (Å²) < 4.78 is 49.7. The average Bonchev–Trinajstić information content (AvgIpc) is 2.83. The molecule has 1 aliphatic carbocycles. The smallest absolute Gasteiger partial charge is 0.166 e. The van der Waals surface area contributed by atoms with E-state index in [2.05, 4.69) is 6.92 Å². The average molecular weight is 453 g/mol. The lowest BCUT2D eigenvalue weighted by atomic mass is 9.82. The fourth-order valence-corrected chi connectivity index (χ4v) is 4.72. The maximum Gasteiger partial charge on any atom is 0.166 e. The van der Waals surface area contributed by atoms with Crippen molar-refractivity contribution in [1.29, 1.82) is 0 Å². The van der Waals surface area contributed by atoms with E-state index in [0.29, 0.717) is 28.9 Å². The van der Waals surface area contributed by atoms with E-state index in [9.17, 15) is 8.78 Å². The van der Waals surface area contributed by atoms with Gasteiger partial charge in [-0.3, -0.25) is 0 Å². The molecule has 0 unspecified atom stereocenters. The first-order valence-electron chi connectivity index (χ1n) is 11.9. The molecule has 3 aromatic carbocycles. The fraction of sp³-hybridized carbons (Fsp3) is 0.379. The van der Waals surface area contributed by atoms with Crippen LogP contribution in [0.3, 0.4) is 0 Å². The highest BCUT2D eigenvalue weighted by molar-refractivity contribution is 5.65. The highest BCUT2D eigenvalue weighted by atomic mass is 19.2. The molecule has 0 atom stereocenters. The van der Waals surface area contributed by atoms with Crippen LogP contribution >= 0.6 is 0 Å². The molecule has 0 bridgehead atoms. The summed E-state index contributed by atoms with van der Waals surface area (Å²) in [4.78, 5) is 0. The summed E-state index contributed by atoms with van der Waals surface area (Å²) in [6, 6.07) is 16.3. The zero-order valence-electron chi connectivity index (χ0n) is 19.3. The zero-order valence-corrected chi connectivity index (χ0v) is 19.3. The zero-order chi connectivity index (χ0) is 23.4. The second-order valence-electron chi connectivity index (χ2n) is 9.15. The number of hydrogen-bond donors (Lipinski definition) is 0. The van der Waals surface area contributed by atoms with Crippen LogP contribution in [-0.4, -0.2) is 6.10 Å². The lowest BCUT2D eigenvalue weighted by Gasteiger charge is -2.29. The van der Waals surface area contributed by atoms with Crippen molar-refractivity contribution in [1.82, 2.24) is 0 Å². The SMILES string of the molecule is CCCc1ccc(-c2ccc(C3CCC(OCc4ccc(C)c(F)c4)CC3)c(F)c2F)cc1. The lowest BCUT2D eigenvalue weighted by Crippen LogP contribution is -2.21. The lowest BCUT2D eigenvalue weighted by molar-refractivity contribution is 0.0130. The third-order valence-corrected chi connectivity index (χ3v) is 6.75. The summed E-state index contributed by atoms with van der Waals surface area (Å²) in [5.41, 5.74) is 4.09. The highest BCUT2D eigenvalue weighted by Crippen LogP contribution is 2.38. The van der Waals surface area contributed by atoms with Gasteiger partial charge in [0.2, 0.25) is 0 Å². The Morgan fingerprint density at radius 2 is 1.52 bits per heavy atom. The van der Waals surface area contributed by atoms with Gasteiger partial charge in [-0.15, -0.1) is 0 Å². The Labute approximate surface area is 194 Å². The summed E-state index contributed by atoms with van der Waals surface area (Å²) >= 11 is 0. The van der Waals surface area contributed by atoms with Gasteiger partial charge in [0, 0.05) is 5.56 Å². The molecule has 0 saturated heterocycles. The van der Waals surface area contributed by atoms with Crippen LogP contribution in [0.1, 0.15) is 67.2 Å². The van der Waals surface area contributed by atoms with Crippen LogP contribution in [0.5, 0.6) is 0 Å². The summed E-state index contributed by atoms with van der Waals surface area (Å²) in [5.74, 6) is -1.74. The molecule has 1 fully saturated rings. The molecule has 3 aromatic rings. The Balaban J connectivity index is 1.38. The van der Waals surface area contributed by atoms with Gasteiger partial charge >= 0.3 is 0 Å². The second kappa shape index (κ2) is 10.6. The van der Waals surface area contributed by atoms with E-state index in [-0.39, 0.29) is 17.8 Å². The summed E-state index contributed by atoms with van der Waals surface area (Å²) in [5, 5.41) is 0. The van der Waals surface area contributed by atoms with Gasteiger partial charge in [-0.25, -0.2) is 13.2 Å². The normalized spacial score (nSPS) is 18.5. The van der Waals surface area contributed by atoms with Crippen LogP contribution in [0.15, 0.2) is 54.6 Å². The molecular weight excluding hydrogens is 421 g/mol. The third-order valence-electron chi connectivity index (χ3n) is 6.75. The largest absolute Gasteiger partial charge is 0.374 e. The minimum Gasteiger partial charge on any atom is -0.374 e. The molecule has 33 heavy (non-hydrogen) atoms. The molecule has 4 rings (SSSR count). The molecule has 0 aromatic heterocycles. The molecule has 0 radical (unpaired) electrons. The first kappa shape index (κ1) is 23.6. The van der Waals surface area contributed by atoms with Crippen molar-refractivity contribution in [2.75, 3.05) is 0 Å². The second-order valence-corrected chi connectivity index (χ2v) is 9.15. The maximum absolute atomic E-state index is 15.0. The van der Waals surface area contributed by atoms with Crippen molar-refractivity contribution in [3.05, 3.63) is 94.3 Å². The van der Waals surface area contributed by atoms with Crippen molar-refractivity contribution >= 4 is 0 Å². The van der Waals surface area contributed by atoms with Crippen LogP contribution in [-0.2, 0) is 17.8 Å². The molecule has 0 spiro atoms. The first-order chi connectivity index (χ1) is 16.0. The topological polar surface area (TPSA) is 9.23 Å². The van der Waals surface area contributed by atoms with Crippen LogP contribution in [0.2, 0.25) is 0 Å². The van der Waals surface area contributed by atoms with Crippen molar-refractivity contribution in [3.8, 4) is 11.1 Å². The van der Waals surface area contributed by atoms with E-state index in [1.54, 1.807) is 25.1 Å². The predicted molar refractivity (Wildman–Crippen MR) is 127 cm³/mol. The van der Waals surface area contributed by atoms with Crippen molar-refractivity contribution < 1.29 is 17.9 Å². The molecule has 1 nitrogen and oxygen atoms in total. The van der Waals surface area contributed by atoms with Gasteiger partial charge in [-0.05, 0) is 78.8 Å². The number of aryl methyl sites for hydroxylation is 2. The predicted octanol–water partition coefficient (Wildman–Crippen LogP) is 8.27. The quantitative estimate of drug-likeness (QED) is 0.350. The fourth-order valence-electron chi connectivity index (χ4n) is 4.72. The molecule has 4 heteroatoms. The number of ether oxygens (including phenoxy) is 1. The van der Waals surface area contributed by atoms with E-state index in [1.807, 2.05) is 30.3 Å². The Bertz CT molecular complexity index is 1080. The third kappa shape index (κ3) is 5.50. The number of rotatable bonds is 7. The van der Waals surface area contributed by atoms with Gasteiger partial charge in [0.05, 0.1) is 12.7 Å². The molecule has 174 valence electrons. The monoisotopic (exact) mass is 452 g/mol. The van der Waals surface area contributed by atoms with Crippen LogP contribution in [0, 0.1) is 24.4 Å². The summed E-state index contributed by atoms with van der Waals surface area (Å²) in [7, 11) is 0. The van der Waals surface area contributed by atoms with Gasteiger partial charge in [-0.2, -0.15) is 0 Å². The van der Waals surface area contributed by atoms with Gasteiger partial charge in [0.15, 0.2) is 11.6 Å². The van der Waals surface area contributed by atoms with Gasteiger partial charge < -0.3 is 4.74 Å². The molecular formula is C29H31F3O. The number of halogens is 3. The van der Waals surface area contributed by atoms with E-state index in [0.717, 1.165) is 44.1 Å². The number of hydrogen-bond acceptors (Lipinski definition) is 1.